The van der Waals surface area contributed by atoms with Gasteiger partial charge in [-0.1, -0.05) is 19.3 Å². The van der Waals surface area contributed by atoms with Crippen molar-refractivity contribution in [3.63, 3.8) is 0 Å². The fourth-order valence-corrected chi connectivity index (χ4v) is 7.86. The summed E-state index contributed by atoms with van der Waals surface area (Å²) in [5, 5.41) is 7.53. The third-order valence-corrected chi connectivity index (χ3v) is 8.95. The SMILES string of the molecule is C1CCC(CNc2nc(NC34CC5CC(CC(C5)C3)C4)nc(N3CCCCC3)n2)CC1. The van der Waals surface area contributed by atoms with Gasteiger partial charge >= 0.3 is 0 Å². The molecule has 0 atom stereocenters. The summed E-state index contributed by atoms with van der Waals surface area (Å²) in [6, 6.07) is 0. The zero-order valence-corrected chi connectivity index (χ0v) is 19.1. The highest BCUT2D eigenvalue weighted by Crippen LogP contribution is 2.56. The molecule has 1 aromatic rings. The van der Waals surface area contributed by atoms with Crippen molar-refractivity contribution < 1.29 is 0 Å². The van der Waals surface area contributed by atoms with Gasteiger partial charge in [0.25, 0.3) is 0 Å². The fourth-order valence-electron chi connectivity index (χ4n) is 7.86. The van der Waals surface area contributed by atoms with Crippen LogP contribution in [-0.4, -0.2) is 40.1 Å². The van der Waals surface area contributed by atoms with Crippen molar-refractivity contribution in [2.75, 3.05) is 35.2 Å². The number of piperidine rings is 1. The Morgan fingerprint density at radius 3 is 2.03 bits per heavy atom. The number of hydrogen-bond acceptors (Lipinski definition) is 6. The number of anilines is 3. The Morgan fingerprint density at radius 2 is 1.35 bits per heavy atom. The Kier molecular flexibility index (Phi) is 5.43. The van der Waals surface area contributed by atoms with Crippen LogP contribution in [-0.2, 0) is 0 Å². The third kappa shape index (κ3) is 4.36. The van der Waals surface area contributed by atoms with E-state index >= 15 is 0 Å². The molecule has 5 saturated carbocycles. The molecule has 6 fully saturated rings. The number of aromatic nitrogens is 3. The predicted molar refractivity (Wildman–Crippen MR) is 125 cm³/mol. The Hall–Kier alpha value is -1.59. The molecule has 1 saturated heterocycles. The van der Waals surface area contributed by atoms with Gasteiger partial charge in [-0.15, -0.1) is 0 Å². The minimum absolute atomic E-state index is 0.232. The summed E-state index contributed by atoms with van der Waals surface area (Å²) in [5.41, 5.74) is 0.232. The number of hydrogen-bond donors (Lipinski definition) is 2. The zero-order valence-electron chi connectivity index (χ0n) is 19.1. The molecular formula is C25H40N6. The maximum Gasteiger partial charge on any atom is 0.231 e. The van der Waals surface area contributed by atoms with E-state index in [1.165, 1.54) is 89.9 Å². The molecule has 0 unspecified atom stereocenters. The van der Waals surface area contributed by atoms with E-state index in [-0.39, 0.29) is 5.54 Å². The molecule has 5 aliphatic carbocycles. The van der Waals surface area contributed by atoms with Gasteiger partial charge in [0.15, 0.2) is 0 Å². The molecule has 170 valence electrons. The number of rotatable bonds is 6. The van der Waals surface area contributed by atoms with Gasteiger partial charge < -0.3 is 15.5 Å². The lowest BCUT2D eigenvalue weighted by atomic mass is 9.53. The average molecular weight is 425 g/mol. The van der Waals surface area contributed by atoms with Crippen molar-refractivity contribution in [1.82, 2.24) is 15.0 Å². The fraction of sp³-hybridized carbons (Fsp3) is 0.880. The summed E-state index contributed by atoms with van der Waals surface area (Å²) in [7, 11) is 0. The lowest BCUT2D eigenvalue weighted by Gasteiger charge is -2.56. The van der Waals surface area contributed by atoms with Crippen LogP contribution < -0.4 is 15.5 Å². The van der Waals surface area contributed by atoms with E-state index in [4.69, 9.17) is 15.0 Å². The predicted octanol–water partition coefficient (Wildman–Crippen LogP) is 5.23. The maximum absolute atomic E-state index is 4.98. The van der Waals surface area contributed by atoms with E-state index in [1.807, 2.05) is 0 Å². The summed E-state index contributed by atoms with van der Waals surface area (Å²) < 4.78 is 0. The molecule has 0 amide bonds. The lowest BCUT2D eigenvalue weighted by Crippen LogP contribution is -2.55. The summed E-state index contributed by atoms with van der Waals surface area (Å²) in [6.45, 7) is 3.14. The minimum atomic E-state index is 0.232. The van der Waals surface area contributed by atoms with Gasteiger partial charge in [-0.2, -0.15) is 15.0 Å². The first-order valence-corrected chi connectivity index (χ1v) is 13.3. The number of nitrogens with zero attached hydrogens (tertiary/aromatic N) is 4. The minimum Gasteiger partial charge on any atom is -0.354 e. The molecule has 6 nitrogen and oxygen atoms in total. The highest BCUT2D eigenvalue weighted by atomic mass is 15.3. The molecule has 1 aromatic heterocycles. The molecule has 0 radical (unpaired) electrons. The van der Waals surface area contributed by atoms with E-state index in [0.29, 0.717) is 0 Å². The van der Waals surface area contributed by atoms with Gasteiger partial charge in [0, 0.05) is 25.2 Å². The quantitative estimate of drug-likeness (QED) is 0.651. The first kappa shape index (κ1) is 20.0. The van der Waals surface area contributed by atoms with Crippen molar-refractivity contribution in [3.8, 4) is 0 Å². The van der Waals surface area contributed by atoms with Crippen LogP contribution in [0, 0.1) is 23.7 Å². The van der Waals surface area contributed by atoms with E-state index in [1.54, 1.807) is 0 Å². The van der Waals surface area contributed by atoms with Gasteiger partial charge in [-0.3, -0.25) is 0 Å². The summed E-state index contributed by atoms with van der Waals surface area (Å²) in [6.07, 6.45) is 19.0. The standard InChI is InChI=1S/C25H40N6/c1-3-7-18(8-4-1)17-26-22-27-23(29-24(28-22)31-9-5-2-6-10-31)30-25-14-19-11-20(15-25)13-21(12-19)16-25/h18-21H,1-17H2,(H2,26,27,28,29,30). The van der Waals surface area contributed by atoms with Gasteiger partial charge in [0.2, 0.25) is 17.8 Å². The van der Waals surface area contributed by atoms with Gasteiger partial charge in [-0.25, -0.2) is 0 Å². The molecule has 0 spiro atoms. The third-order valence-electron chi connectivity index (χ3n) is 8.95. The van der Waals surface area contributed by atoms with Crippen LogP contribution in [0.4, 0.5) is 17.8 Å². The van der Waals surface area contributed by atoms with E-state index in [0.717, 1.165) is 61.2 Å². The number of nitrogens with one attached hydrogen (secondary N) is 2. The largest absolute Gasteiger partial charge is 0.354 e. The maximum atomic E-state index is 4.98. The van der Waals surface area contributed by atoms with Crippen molar-refractivity contribution in [1.29, 1.82) is 0 Å². The zero-order chi connectivity index (χ0) is 20.7. The van der Waals surface area contributed by atoms with Crippen LogP contribution >= 0.6 is 0 Å². The van der Waals surface area contributed by atoms with Crippen molar-refractivity contribution in [3.05, 3.63) is 0 Å². The first-order chi connectivity index (χ1) is 15.2. The Bertz CT molecular complexity index is 732. The summed E-state index contributed by atoms with van der Waals surface area (Å²) in [5.74, 6) is 6.02. The molecule has 1 aliphatic heterocycles. The van der Waals surface area contributed by atoms with Crippen LogP contribution in [0.15, 0.2) is 0 Å². The van der Waals surface area contributed by atoms with E-state index < -0.39 is 0 Å². The molecule has 2 N–H and O–H groups in total. The Labute approximate surface area is 187 Å². The Morgan fingerprint density at radius 1 is 0.742 bits per heavy atom. The van der Waals surface area contributed by atoms with Crippen molar-refractivity contribution in [2.24, 2.45) is 23.7 Å². The molecule has 0 aromatic carbocycles. The van der Waals surface area contributed by atoms with E-state index in [9.17, 15) is 0 Å². The van der Waals surface area contributed by atoms with E-state index in [2.05, 4.69) is 15.5 Å². The van der Waals surface area contributed by atoms with Crippen LogP contribution in [0.25, 0.3) is 0 Å². The average Bonchev–Trinajstić information content (AvgIpc) is 2.78. The van der Waals surface area contributed by atoms with Gasteiger partial charge in [0.05, 0.1) is 0 Å². The molecule has 2 heterocycles. The van der Waals surface area contributed by atoms with Crippen LogP contribution in [0.1, 0.15) is 89.9 Å². The van der Waals surface area contributed by atoms with Crippen molar-refractivity contribution >= 4 is 17.8 Å². The molecule has 6 aliphatic rings. The van der Waals surface area contributed by atoms with Gasteiger partial charge in [0.1, 0.15) is 0 Å². The highest BCUT2D eigenvalue weighted by Gasteiger charge is 2.51. The second kappa shape index (κ2) is 8.40. The van der Waals surface area contributed by atoms with Crippen LogP contribution in [0.2, 0.25) is 0 Å². The molecule has 7 rings (SSSR count). The summed E-state index contributed by atoms with van der Waals surface area (Å²) >= 11 is 0. The van der Waals surface area contributed by atoms with Crippen LogP contribution in [0.5, 0.6) is 0 Å². The molecule has 6 heteroatoms. The molecular weight excluding hydrogens is 384 g/mol. The Balaban J connectivity index is 1.23. The highest BCUT2D eigenvalue weighted by molar-refractivity contribution is 5.45. The lowest BCUT2D eigenvalue weighted by molar-refractivity contribution is 0.0103. The normalized spacial score (nSPS) is 35.4. The summed E-state index contributed by atoms with van der Waals surface area (Å²) in [4.78, 5) is 17.2. The second-order valence-corrected chi connectivity index (χ2v) is 11.5. The second-order valence-electron chi connectivity index (χ2n) is 11.5. The molecule has 31 heavy (non-hydrogen) atoms. The van der Waals surface area contributed by atoms with Crippen molar-refractivity contribution in [2.45, 2.75) is 95.4 Å². The monoisotopic (exact) mass is 424 g/mol. The van der Waals surface area contributed by atoms with Crippen LogP contribution in [0.3, 0.4) is 0 Å². The molecule has 4 bridgehead atoms. The topological polar surface area (TPSA) is 66.0 Å². The first-order valence-electron chi connectivity index (χ1n) is 13.3. The van der Waals surface area contributed by atoms with Gasteiger partial charge in [-0.05, 0) is 94.3 Å². The smallest absolute Gasteiger partial charge is 0.231 e.